The Balaban J connectivity index is 1.65. The number of nitrogens with zero attached hydrogens (tertiary/aromatic N) is 2. The van der Waals surface area contributed by atoms with Crippen LogP contribution in [-0.2, 0) is 5.60 Å². The van der Waals surface area contributed by atoms with Gasteiger partial charge in [-0.2, -0.15) is 0 Å². The minimum absolute atomic E-state index is 0.0721. The van der Waals surface area contributed by atoms with Gasteiger partial charge in [-0.3, -0.25) is 14.0 Å². The number of nitrogens with one attached hydrogen (secondary N) is 1. The maximum Gasteiger partial charge on any atom is 0.336 e. The van der Waals surface area contributed by atoms with Crippen LogP contribution in [0, 0.1) is 11.6 Å². The zero-order chi connectivity index (χ0) is 27.8. The number of carbonyl (C=O) groups is 1. The number of aromatic nitrogens is 3. The summed E-state index contributed by atoms with van der Waals surface area (Å²) in [7, 11) is 0. The fourth-order valence-electron chi connectivity index (χ4n) is 5.28. The van der Waals surface area contributed by atoms with E-state index in [9.17, 15) is 23.9 Å². The van der Waals surface area contributed by atoms with Crippen LogP contribution in [0.2, 0.25) is 0 Å². The second-order valence-corrected chi connectivity index (χ2v) is 10.0. The summed E-state index contributed by atoms with van der Waals surface area (Å²) in [6.07, 6.45) is 6.10. The van der Waals surface area contributed by atoms with Crippen molar-refractivity contribution in [1.82, 2.24) is 14.0 Å². The Morgan fingerprint density at radius 1 is 1.10 bits per heavy atom. The van der Waals surface area contributed by atoms with Gasteiger partial charge in [-0.15, -0.1) is 0 Å². The van der Waals surface area contributed by atoms with E-state index in [-0.39, 0.29) is 27.7 Å². The second-order valence-electron chi connectivity index (χ2n) is 10.0. The van der Waals surface area contributed by atoms with Crippen molar-refractivity contribution in [3.63, 3.8) is 0 Å². The van der Waals surface area contributed by atoms with Crippen LogP contribution in [0.25, 0.3) is 32.9 Å². The molecule has 0 spiro atoms. The molecule has 0 saturated heterocycles. The predicted molar refractivity (Wildman–Crippen MR) is 144 cm³/mol. The third kappa shape index (κ3) is 3.63. The number of aromatic amines is 1. The van der Waals surface area contributed by atoms with Gasteiger partial charge < -0.3 is 15.8 Å². The van der Waals surface area contributed by atoms with Crippen LogP contribution in [0.5, 0.6) is 0 Å². The van der Waals surface area contributed by atoms with Gasteiger partial charge in [0.2, 0.25) is 0 Å². The van der Waals surface area contributed by atoms with E-state index in [1.54, 1.807) is 50.3 Å². The molecule has 0 fully saturated rings. The lowest BCUT2D eigenvalue weighted by Gasteiger charge is -2.19. The minimum Gasteiger partial charge on any atom is -0.386 e. The Labute approximate surface area is 218 Å². The average Bonchev–Trinajstić information content (AvgIpc) is 3.48. The number of halogens is 2. The Bertz CT molecular complexity index is 2060. The van der Waals surface area contributed by atoms with Gasteiger partial charge in [0, 0.05) is 34.1 Å². The molecular weight excluding hydrogens is 506 g/mol. The highest BCUT2D eigenvalue weighted by Gasteiger charge is 2.29. The summed E-state index contributed by atoms with van der Waals surface area (Å²) in [6.45, 7) is 3.25. The van der Waals surface area contributed by atoms with Gasteiger partial charge >= 0.3 is 5.69 Å². The third-order valence-corrected chi connectivity index (χ3v) is 7.15. The number of nitrogens with two attached hydrogens (primary N) is 1. The standard InChI is InChI=1S/C29H22F2N4O4/c1-29(2,39)14-8-9-15-20(11-14)33-26-17(27(32)37)12-19(31)24(25(15)26)16-5-3-7-21(16)35-23(36)13-22-18(30)6-4-10-34(22)28(35)38/h3-13,21,33,39H,1-2H3,(H2,32,37). The van der Waals surface area contributed by atoms with Crippen LogP contribution < -0.4 is 17.0 Å². The first-order chi connectivity index (χ1) is 18.5. The van der Waals surface area contributed by atoms with Gasteiger partial charge in [0.1, 0.15) is 11.6 Å². The van der Waals surface area contributed by atoms with Crippen LogP contribution >= 0.6 is 0 Å². The van der Waals surface area contributed by atoms with Crippen LogP contribution in [0.1, 0.15) is 41.4 Å². The second kappa shape index (κ2) is 8.34. The molecule has 1 atom stereocenters. The summed E-state index contributed by atoms with van der Waals surface area (Å²) < 4.78 is 32.2. The Hall–Kier alpha value is -4.83. The van der Waals surface area contributed by atoms with Crippen molar-refractivity contribution < 1.29 is 18.7 Å². The molecule has 0 aliphatic heterocycles. The molecule has 1 aliphatic rings. The van der Waals surface area contributed by atoms with Gasteiger partial charge in [-0.05, 0) is 49.2 Å². The van der Waals surface area contributed by atoms with Crippen LogP contribution in [0.15, 0.2) is 76.5 Å². The fourth-order valence-corrected chi connectivity index (χ4v) is 5.28. The molecule has 3 aromatic heterocycles. The van der Waals surface area contributed by atoms with Crippen molar-refractivity contribution >= 4 is 38.8 Å². The van der Waals surface area contributed by atoms with Crippen LogP contribution in [-0.4, -0.2) is 25.0 Å². The molecule has 196 valence electrons. The van der Waals surface area contributed by atoms with Gasteiger partial charge in [0.25, 0.3) is 11.5 Å². The first kappa shape index (κ1) is 24.5. The molecule has 10 heteroatoms. The molecule has 0 bridgehead atoms. The molecule has 6 rings (SSSR count). The largest absolute Gasteiger partial charge is 0.386 e. The SMILES string of the molecule is CC(C)(O)c1ccc2c(c1)[nH]c1c(C(N)=O)cc(F)c(C3=CC=CC3n3c(=O)cc4c(F)cccn4c3=O)c12. The lowest BCUT2D eigenvalue weighted by atomic mass is 9.92. The normalized spacial score (nSPS) is 15.5. The lowest BCUT2D eigenvalue weighted by molar-refractivity contribution is 0.0787. The number of fused-ring (bicyclic) bond motifs is 4. The highest BCUT2D eigenvalue weighted by Crippen LogP contribution is 2.42. The van der Waals surface area contributed by atoms with E-state index in [1.165, 1.54) is 12.3 Å². The van der Waals surface area contributed by atoms with Crippen molar-refractivity contribution in [2.75, 3.05) is 0 Å². The molecule has 0 radical (unpaired) electrons. The third-order valence-electron chi connectivity index (χ3n) is 7.15. The van der Waals surface area contributed by atoms with Crippen LogP contribution in [0.4, 0.5) is 8.78 Å². The smallest absolute Gasteiger partial charge is 0.336 e. The molecule has 1 aliphatic carbocycles. The number of primary amides is 1. The maximum atomic E-state index is 15.9. The quantitative estimate of drug-likeness (QED) is 0.328. The molecule has 39 heavy (non-hydrogen) atoms. The summed E-state index contributed by atoms with van der Waals surface area (Å²) in [5, 5.41) is 11.4. The number of amides is 1. The van der Waals surface area contributed by atoms with E-state index in [0.717, 1.165) is 27.2 Å². The van der Waals surface area contributed by atoms with Gasteiger partial charge in [0.05, 0.1) is 28.2 Å². The molecule has 3 heterocycles. The molecule has 1 unspecified atom stereocenters. The summed E-state index contributed by atoms with van der Waals surface area (Å²) >= 11 is 0. The van der Waals surface area contributed by atoms with E-state index in [2.05, 4.69) is 4.98 Å². The van der Waals surface area contributed by atoms with Crippen molar-refractivity contribution in [2.24, 2.45) is 5.73 Å². The van der Waals surface area contributed by atoms with Gasteiger partial charge in [-0.1, -0.05) is 30.4 Å². The predicted octanol–water partition coefficient (Wildman–Crippen LogP) is 3.89. The van der Waals surface area contributed by atoms with Crippen molar-refractivity contribution in [3.05, 3.63) is 116 Å². The zero-order valence-corrected chi connectivity index (χ0v) is 20.8. The fraction of sp³-hybridized carbons (Fsp3) is 0.138. The van der Waals surface area contributed by atoms with E-state index in [0.29, 0.717) is 21.9 Å². The van der Waals surface area contributed by atoms with Crippen LogP contribution in [0.3, 0.4) is 0 Å². The first-order valence-electron chi connectivity index (χ1n) is 12.1. The molecular formula is C29H22F2N4O4. The molecule has 0 saturated carbocycles. The molecule has 1 amide bonds. The zero-order valence-electron chi connectivity index (χ0n) is 20.8. The molecule has 2 aromatic carbocycles. The monoisotopic (exact) mass is 528 g/mol. The summed E-state index contributed by atoms with van der Waals surface area (Å²) in [4.78, 5) is 41.9. The number of rotatable bonds is 4. The number of pyridine rings is 1. The Kier molecular flexibility index (Phi) is 5.24. The highest BCUT2D eigenvalue weighted by molar-refractivity contribution is 6.18. The van der Waals surface area contributed by atoms with Gasteiger partial charge in [0.15, 0.2) is 0 Å². The number of benzene rings is 2. The maximum absolute atomic E-state index is 15.9. The molecule has 4 N–H and O–H groups in total. The Morgan fingerprint density at radius 3 is 2.59 bits per heavy atom. The summed E-state index contributed by atoms with van der Waals surface area (Å²) in [5.74, 6) is -2.35. The van der Waals surface area contributed by atoms with Crippen molar-refractivity contribution in [2.45, 2.75) is 25.5 Å². The highest BCUT2D eigenvalue weighted by atomic mass is 19.1. The number of hydrogen-bond donors (Lipinski definition) is 3. The van der Waals surface area contributed by atoms with E-state index in [4.69, 9.17) is 5.73 Å². The molecule has 8 nitrogen and oxygen atoms in total. The molecule has 5 aromatic rings. The number of hydrogen-bond acceptors (Lipinski definition) is 4. The summed E-state index contributed by atoms with van der Waals surface area (Å²) in [5.41, 5.74) is 4.38. The van der Waals surface area contributed by atoms with Crippen molar-refractivity contribution in [3.8, 4) is 0 Å². The first-order valence-corrected chi connectivity index (χ1v) is 12.1. The number of aliphatic hydroxyl groups is 1. The number of allylic oxidation sites excluding steroid dienone is 4. The minimum atomic E-state index is -1.16. The topological polar surface area (TPSA) is 123 Å². The van der Waals surface area contributed by atoms with Crippen molar-refractivity contribution in [1.29, 1.82) is 0 Å². The number of carbonyl (C=O) groups excluding carboxylic acids is 1. The summed E-state index contributed by atoms with van der Waals surface area (Å²) in [6, 6.07) is 8.62. The van der Waals surface area contributed by atoms with Gasteiger partial charge in [-0.25, -0.2) is 18.1 Å². The van der Waals surface area contributed by atoms with E-state index < -0.39 is 40.4 Å². The lowest BCUT2D eigenvalue weighted by Crippen LogP contribution is -2.39. The number of H-pyrrole nitrogens is 1. The average molecular weight is 529 g/mol. The van der Waals surface area contributed by atoms with E-state index >= 15 is 4.39 Å². The Morgan fingerprint density at radius 2 is 1.87 bits per heavy atom. The van der Waals surface area contributed by atoms with E-state index in [1.807, 2.05) is 0 Å².